The topological polar surface area (TPSA) is 63.6 Å². The van der Waals surface area contributed by atoms with E-state index in [-0.39, 0.29) is 24.2 Å². The van der Waals surface area contributed by atoms with Crippen molar-refractivity contribution in [1.29, 1.82) is 0 Å². The molecule has 0 rings (SSSR count). The Hall–Kier alpha value is -0.900. The number of carboxylic acids is 1. The van der Waals surface area contributed by atoms with Crippen molar-refractivity contribution >= 4 is 11.8 Å². The van der Waals surface area contributed by atoms with E-state index >= 15 is 0 Å². The highest BCUT2D eigenvalue weighted by atomic mass is 16.5. The zero-order valence-corrected chi connectivity index (χ0v) is 9.00. The molecule has 0 fully saturated rings. The van der Waals surface area contributed by atoms with Gasteiger partial charge in [0.25, 0.3) is 0 Å². The number of hydrogen-bond donors (Lipinski definition) is 1. The van der Waals surface area contributed by atoms with Gasteiger partial charge in [-0.05, 0) is 0 Å². The van der Waals surface area contributed by atoms with Crippen LogP contribution in [-0.4, -0.2) is 30.1 Å². The van der Waals surface area contributed by atoms with Crippen LogP contribution in [0.5, 0.6) is 0 Å². The summed E-state index contributed by atoms with van der Waals surface area (Å²) in [6.07, 6.45) is 0.340. The smallest absolute Gasteiger partial charge is 0.305 e. The summed E-state index contributed by atoms with van der Waals surface area (Å²) >= 11 is 0. The first-order valence-corrected chi connectivity index (χ1v) is 4.67. The van der Waals surface area contributed by atoms with Crippen molar-refractivity contribution in [3.8, 4) is 0 Å². The molecule has 0 unspecified atom stereocenters. The molecule has 0 aromatic rings. The molecular formula is C10H18O4. The molecule has 0 radical (unpaired) electrons. The highest BCUT2D eigenvalue weighted by Gasteiger charge is 2.20. The van der Waals surface area contributed by atoms with Crippen LogP contribution in [0.2, 0.25) is 0 Å². The average molecular weight is 202 g/mol. The van der Waals surface area contributed by atoms with E-state index in [0.29, 0.717) is 13.0 Å². The summed E-state index contributed by atoms with van der Waals surface area (Å²) in [6, 6.07) is 0. The van der Waals surface area contributed by atoms with Gasteiger partial charge in [0.15, 0.2) is 0 Å². The predicted molar refractivity (Wildman–Crippen MR) is 52.2 cm³/mol. The maximum absolute atomic E-state index is 11.4. The molecule has 0 spiro atoms. The molecule has 0 amide bonds. The number of carbonyl (C=O) groups is 2. The minimum atomic E-state index is -0.882. The Morgan fingerprint density at radius 1 is 1.14 bits per heavy atom. The first-order valence-electron chi connectivity index (χ1n) is 4.67. The molecule has 4 nitrogen and oxygen atoms in total. The minimum Gasteiger partial charge on any atom is -0.481 e. The fraction of sp³-hybridized carbons (Fsp3) is 0.800. The number of aliphatic carboxylic acids is 1. The Bertz CT molecular complexity index is 203. The molecule has 0 bridgehead atoms. The normalized spacial score (nSPS) is 11.4. The van der Waals surface area contributed by atoms with Crippen molar-refractivity contribution in [3.05, 3.63) is 0 Å². The van der Waals surface area contributed by atoms with Crippen LogP contribution >= 0.6 is 0 Å². The molecule has 0 atom stereocenters. The average Bonchev–Trinajstić information content (AvgIpc) is 2.01. The van der Waals surface area contributed by atoms with Crippen LogP contribution in [0.1, 0.15) is 33.6 Å². The number of Topliss-reactive ketones (excluding diaryl/α,β-unsaturated/α-hetero) is 1. The second kappa shape index (κ2) is 5.75. The van der Waals surface area contributed by atoms with Gasteiger partial charge in [-0.1, -0.05) is 20.8 Å². The first-order chi connectivity index (χ1) is 6.34. The Morgan fingerprint density at radius 2 is 1.64 bits per heavy atom. The van der Waals surface area contributed by atoms with Gasteiger partial charge in [0, 0.05) is 11.8 Å². The van der Waals surface area contributed by atoms with Gasteiger partial charge in [-0.25, -0.2) is 0 Å². The van der Waals surface area contributed by atoms with Crippen molar-refractivity contribution in [2.45, 2.75) is 33.6 Å². The van der Waals surface area contributed by atoms with Gasteiger partial charge in [0.2, 0.25) is 0 Å². The lowest BCUT2D eigenvalue weighted by Gasteiger charge is -2.16. The number of carboxylic acid groups (broad SMARTS) is 1. The predicted octanol–water partition coefficient (Wildman–Crippen LogP) is 1.48. The highest BCUT2D eigenvalue weighted by molar-refractivity contribution is 5.83. The highest BCUT2D eigenvalue weighted by Crippen LogP contribution is 2.16. The SMILES string of the molecule is CC(C)(C)C(=O)CCOCCC(=O)O. The van der Waals surface area contributed by atoms with Crippen molar-refractivity contribution in [2.24, 2.45) is 5.41 Å². The van der Waals surface area contributed by atoms with Gasteiger partial charge in [-0.2, -0.15) is 0 Å². The van der Waals surface area contributed by atoms with E-state index in [0.717, 1.165) is 0 Å². The van der Waals surface area contributed by atoms with Crippen molar-refractivity contribution in [2.75, 3.05) is 13.2 Å². The van der Waals surface area contributed by atoms with Gasteiger partial charge in [-0.15, -0.1) is 0 Å². The van der Waals surface area contributed by atoms with Crippen molar-refractivity contribution in [3.63, 3.8) is 0 Å². The van der Waals surface area contributed by atoms with Crippen LogP contribution < -0.4 is 0 Å². The summed E-state index contributed by atoms with van der Waals surface area (Å²) in [5, 5.41) is 8.30. The number of ether oxygens (including phenoxy) is 1. The van der Waals surface area contributed by atoms with Gasteiger partial charge in [-0.3, -0.25) is 9.59 Å². The van der Waals surface area contributed by atoms with Gasteiger partial charge in [0.1, 0.15) is 5.78 Å². The number of hydrogen-bond acceptors (Lipinski definition) is 3. The third-order valence-corrected chi connectivity index (χ3v) is 1.77. The molecule has 82 valence electrons. The number of carbonyl (C=O) groups excluding carboxylic acids is 1. The number of ketones is 1. The van der Waals surface area contributed by atoms with E-state index in [1.54, 1.807) is 0 Å². The molecular weight excluding hydrogens is 184 g/mol. The van der Waals surface area contributed by atoms with E-state index < -0.39 is 5.97 Å². The summed E-state index contributed by atoms with van der Waals surface area (Å²) in [7, 11) is 0. The fourth-order valence-corrected chi connectivity index (χ4v) is 0.801. The molecule has 0 aromatic carbocycles. The lowest BCUT2D eigenvalue weighted by atomic mass is 9.89. The monoisotopic (exact) mass is 202 g/mol. The molecule has 1 N–H and O–H groups in total. The van der Waals surface area contributed by atoms with E-state index in [9.17, 15) is 9.59 Å². The van der Waals surface area contributed by atoms with E-state index in [1.807, 2.05) is 20.8 Å². The molecule has 0 aromatic heterocycles. The molecule has 0 saturated heterocycles. The molecule has 0 aliphatic heterocycles. The minimum absolute atomic E-state index is 0.0102. The quantitative estimate of drug-likeness (QED) is 0.663. The van der Waals surface area contributed by atoms with Gasteiger partial charge >= 0.3 is 5.97 Å². The van der Waals surface area contributed by atoms with Crippen LogP contribution in [0.3, 0.4) is 0 Å². The third kappa shape index (κ3) is 6.60. The lowest BCUT2D eigenvalue weighted by molar-refractivity contribution is -0.138. The largest absolute Gasteiger partial charge is 0.481 e. The lowest BCUT2D eigenvalue weighted by Crippen LogP contribution is -2.21. The molecule has 4 heteroatoms. The Balaban J connectivity index is 3.46. The molecule has 0 aliphatic carbocycles. The first kappa shape index (κ1) is 13.1. The second-order valence-electron chi connectivity index (χ2n) is 4.18. The molecule has 0 aliphatic rings. The standard InChI is InChI=1S/C10H18O4/c1-10(2,3)8(11)4-6-14-7-5-9(12)13/h4-7H2,1-3H3,(H,12,13). The molecule has 14 heavy (non-hydrogen) atoms. The molecule has 0 heterocycles. The van der Waals surface area contributed by atoms with Crippen LogP contribution in [0.15, 0.2) is 0 Å². The fourth-order valence-electron chi connectivity index (χ4n) is 0.801. The van der Waals surface area contributed by atoms with E-state index in [2.05, 4.69) is 0 Å². The van der Waals surface area contributed by atoms with Gasteiger partial charge in [0.05, 0.1) is 19.6 Å². The van der Waals surface area contributed by atoms with E-state index in [4.69, 9.17) is 9.84 Å². The van der Waals surface area contributed by atoms with Crippen LogP contribution in [0, 0.1) is 5.41 Å². The Labute approximate surface area is 84.3 Å². The number of rotatable bonds is 6. The van der Waals surface area contributed by atoms with Crippen LogP contribution in [-0.2, 0) is 14.3 Å². The van der Waals surface area contributed by atoms with Crippen molar-refractivity contribution in [1.82, 2.24) is 0 Å². The summed E-state index contributed by atoms with van der Waals surface area (Å²) in [5.41, 5.74) is -0.337. The molecule has 0 saturated carbocycles. The maximum Gasteiger partial charge on any atom is 0.305 e. The summed E-state index contributed by atoms with van der Waals surface area (Å²) in [6.45, 7) is 6.04. The summed E-state index contributed by atoms with van der Waals surface area (Å²) in [4.78, 5) is 21.5. The summed E-state index contributed by atoms with van der Waals surface area (Å²) < 4.78 is 5.01. The second-order valence-corrected chi connectivity index (χ2v) is 4.18. The van der Waals surface area contributed by atoms with Crippen LogP contribution in [0.25, 0.3) is 0 Å². The summed E-state index contributed by atoms with van der Waals surface area (Å²) in [5.74, 6) is -0.750. The van der Waals surface area contributed by atoms with Gasteiger partial charge < -0.3 is 9.84 Å². The maximum atomic E-state index is 11.4. The third-order valence-electron chi connectivity index (χ3n) is 1.77. The zero-order chi connectivity index (χ0) is 11.2. The Morgan fingerprint density at radius 3 is 2.07 bits per heavy atom. The van der Waals surface area contributed by atoms with Crippen LogP contribution in [0.4, 0.5) is 0 Å². The van der Waals surface area contributed by atoms with Crippen molar-refractivity contribution < 1.29 is 19.4 Å². The zero-order valence-electron chi connectivity index (χ0n) is 9.00. The Kier molecular flexibility index (Phi) is 5.38. The van der Waals surface area contributed by atoms with E-state index in [1.165, 1.54) is 0 Å².